The van der Waals surface area contributed by atoms with Crippen LogP contribution in [0.2, 0.25) is 0 Å². The van der Waals surface area contributed by atoms with E-state index in [0.29, 0.717) is 22.9 Å². The minimum Gasteiger partial charge on any atom is -0.477 e. The van der Waals surface area contributed by atoms with E-state index < -0.39 is 35.9 Å². The van der Waals surface area contributed by atoms with Crippen molar-refractivity contribution in [3.63, 3.8) is 0 Å². The Morgan fingerprint density at radius 2 is 2.13 bits per heavy atom. The number of fused-ring (bicyclic) bond motifs is 1. The average molecular weight is 463 g/mol. The molecule has 2 unspecified atom stereocenters. The summed E-state index contributed by atoms with van der Waals surface area (Å²) in [4.78, 5) is 65.1. The van der Waals surface area contributed by atoms with Gasteiger partial charge >= 0.3 is 5.97 Å². The molecule has 4 heterocycles. The Bertz CT molecular complexity index is 1090. The van der Waals surface area contributed by atoms with Gasteiger partial charge in [-0.25, -0.2) is 24.7 Å². The SMILES string of the molecule is Nc1nc(C(N=O)C(=O)N[C@@H]2C(=O)N3C(C(=O)O)=C(Sc4ncncn4)CCC23)ns1. The van der Waals surface area contributed by atoms with Crippen LogP contribution in [0.15, 0.2) is 33.6 Å². The quantitative estimate of drug-likeness (QED) is 0.357. The Morgan fingerprint density at radius 3 is 2.74 bits per heavy atom. The van der Waals surface area contributed by atoms with Crippen molar-refractivity contribution in [1.29, 1.82) is 0 Å². The maximum atomic E-state index is 12.7. The van der Waals surface area contributed by atoms with Crippen molar-refractivity contribution in [2.24, 2.45) is 5.18 Å². The van der Waals surface area contributed by atoms with Crippen molar-refractivity contribution in [2.45, 2.75) is 36.1 Å². The fourth-order valence-corrected chi connectivity index (χ4v) is 4.71. The fraction of sp³-hybridized carbons (Fsp3) is 0.333. The Morgan fingerprint density at radius 1 is 1.39 bits per heavy atom. The molecule has 0 aromatic carbocycles. The Labute approximate surface area is 181 Å². The number of nitrogens with one attached hydrogen (secondary N) is 1. The maximum Gasteiger partial charge on any atom is 0.353 e. The number of thioether (sulfide) groups is 1. The van der Waals surface area contributed by atoms with Crippen molar-refractivity contribution in [1.82, 2.24) is 34.5 Å². The van der Waals surface area contributed by atoms with Gasteiger partial charge in [0.1, 0.15) is 24.4 Å². The molecular weight excluding hydrogens is 450 g/mol. The molecule has 3 atom stereocenters. The van der Waals surface area contributed by atoms with Crippen LogP contribution < -0.4 is 11.1 Å². The van der Waals surface area contributed by atoms with E-state index >= 15 is 0 Å². The minimum atomic E-state index is -1.57. The number of aromatic nitrogens is 5. The van der Waals surface area contributed by atoms with Crippen LogP contribution in [0.25, 0.3) is 0 Å². The fourth-order valence-electron chi connectivity index (χ4n) is 3.32. The molecular formula is C15H13N9O5S2. The number of hydrogen-bond donors (Lipinski definition) is 3. The second-order valence-electron chi connectivity index (χ2n) is 6.40. The molecule has 2 amide bonds. The monoisotopic (exact) mass is 463 g/mol. The number of anilines is 1. The number of carbonyl (C=O) groups is 3. The zero-order valence-electron chi connectivity index (χ0n) is 15.4. The molecule has 160 valence electrons. The van der Waals surface area contributed by atoms with Crippen molar-refractivity contribution in [3.05, 3.63) is 34.0 Å². The summed E-state index contributed by atoms with van der Waals surface area (Å²) in [5.74, 6) is -2.92. The number of nitroso groups, excluding NO2 is 1. The molecule has 0 bridgehead atoms. The minimum absolute atomic E-state index is 0.0640. The van der Waals surface area contributed by atoms with Gasteiger partial charge in [-0.05, 0) is 18.0 Å². The molecule has 31 heavy (non-hydrogen) atoms. The van der Waals surface area contributed by atoms with Crippen molar-refractivity contribution >= 4 is 46.2 Å². The lowest BCUT2D eigenvalue weighted by Gasteiger charge is -2.50. The highest BCUT2D eigenvalue weighted by Crippen LogP contribution is 2.42. The van der Waals surface area contributed by atoms with Crippen LogP contribution in [0.5, 0.6) is 0 Å². The predicted octanol–water partition coefficient (Wildman–Crippen LogP) is -0.309. The van der Waals surface area contributed by atoms with Gasteiger partial charge < -0.3 is 16.2 Å². The van der Waals surface area contributed by atoms with Gasteiger partial charge in [0.25, 0.3) is 11.8 Å². The summed E-state index contributed by atoms with van der Waals surface area (Å²) in [6, 6.07) is -3.14. The molecule has 16 heteroatoms. The zero-order valence-corrected chi connectivity index (χ0v) is 17.0. The largest absolute Gasteiger partial charge is 0.477 e. The van der Waals surface area contributed by atoms with Gasteiger partial charge in [-0.15, -0.1) is 4.91 Å². The summed E-state index contributed by atoms with van der Waals surface area (Å²) in [5, 5.41) is 15.2. The lowest BCUT2D eigenvalue weighted by Crippen LogP contribution is -2.71. The van der Waals surface area contributed by atoms with E-state index in [4.69, 9.17) is 5.73 Å². The number of aliphatic carboxylic acids is 1. The van der Waals surface area contributed by atoms with Crippen LogP contribution in [0.4, 0.5) is 5.13 Å². The van der Waals surface area contributed by atoms with Crippen molar-refractivity contribution < 1.29 is 19.5 Å². The number of carboxylic acids is 1. The number of nitrogens with two attached hydrogens (primary N) is 1. The van der Waals surface area contributed by atoms with Crippen molar-refractivity contribution in [3.8, 4) is 0 Å². The van der Waals surface area contributed by atoms with E-state index in [1.807, 2.05) is 0 Å². The highest BCUT2D eigenvalue weighted by molar-refractivity contribution is 8.03. The number of amides is 2. The van der Waals surface area contributed by atoms with Crippen LogP contribution in [0.1, 0.15) is 24.7 Å². The molecule has 2 aliphatic heterocycles. The van der Waals surface area contributed by atoms with E-state index in [2.05, 4.69) is 34.8 Å². The van der Waals surface area contributed by atoms with Gasteiger partial charge in [0.05, 0.1) is 6.04 Å². The second kappa shape index (κ2) is 8.31. The molecule has 2 aromatic rings. The maximum absolute atomic E-state index is 12.7. The summed E-state index contributed by atoms with van der Waals surface area (Å²) in [6.07, 6.45) is 3.29. The topological polar surface area (TPSA) is 207 Å². The summed E-state index contributed by atoms with van der Waals surface area (Å²) >= 11 is 1.84. The third-order valence-electron chi connectivity index (χ3n) is 4.63. The zero-order chi connectivity index (χ0) is 22.1. The number of nitrogens with zero attached hydrogens (tertiary/aromatic N) is 7. The number of β-lactam (4-membered cyclic amide) rings is 1. The Balaban J connectivity index is 1.51. The second-order valence-corrected chi connectivity index (χ2v) is 8.24. The molecule has 4 rings (SSSR count). The first kappa shape index (κ1) is 20.7. The molecule has 0 saturated carbocycles. The number of rotatable bonds is 7. The van der Waals surface area contributed by atoms with Gasteiger partial charge in [-0.2, -0.15) is 4.37 Å². The average Bonchev–Trinajstić information content (AvgIpc) is 3.18. The summed E-state index contributed by atoms with van der Waals surface area (Å²) in [5.41, 5.74) is 5.28. The number of carbonyl (C=O) groups excluding carboxylic acids is 2. The van der Waals surface area contributed by atoms with Crippen LogP contribution in [0, 0.1) is 4.91 Å². The van der Waals surface area contributed by atoms with Gasteiger partial charge in [-0.3, -0.25) is 14.5 Å². The molecule has 0 aliphatic carbocycles. The normalized spacial score (nSPS) is 21.2. The first-order chi connectivity index (χ1) is 14.9. The molecule has 2 aliphatic rings. The van der Waals surface area contributed by atoms with E-state index in [1.54, 1.807) is 0 Å². The van der Waals surface area contributed by atoms with E-state index in [-0.39, 0.29) is 16.7 Å². The van der Waals surface area contributed by atoms with E-state index in [0.717, 1.165) is 28.2 Å². The smallest absolute Gasteiger partial charge is 0.353 e. The van der Waals surface area contributed by atoms with Gasteiger partial charge in [0, 0.05) is 16.4 Å². The highest BCUT2D eigenvalue weighted by Gasteiger charge is 2.54. The summed E-state index contributed by atoms with van der Waals surface area (Å²) < 4.78 is 3.80. The van der Waals surface area contributed by atoms with Gasteiger partial charge in [0.15, 0.2) is 16.1 Å². The Kier molecular flexibility index (Phi) is 5.55. The van der Waals surface area contributed by atoms with Crippen LogP contribution in [-0.2, 0) is 14.4 Å². The molecule has 0 spiro atoms. The summed E-state index contributed by atoms with van der Waals surface area (Å²) in [6.45, 7) is 0. The first-order valence-electron chi connectivity index (χ1n) is 8.72. The summed E-state index contributed by atoms with van der Waals surface area (Å²) in [7, 11) is 0. The number of carboxylic acid groups (broad SMARTS) is 1. The van der Waals surface area contributed by atoms with Crippen molar-refractivity contribution in [2.75, 3.05) is 5.73 Å². The van der Waals surface area contributed by atoms with E-state index in [1.165, 1.54) is 12.7 Å². The number of allylic oxidation sites excluding steroid dienone is 1. The lowest BCUT2D eigenvalue weighted by atomic mass is 9.86. The number of hydrogen-bond acceptors (Lipinski definition) is 13. The third-order valence-corrected chi connectivity index (χ3v) is 6.23. The van der Waals surface area contributed by atoms with Crippen LogP contribution in [-0.4, -0.2) is 64.2 Å². The molecule has 1 fully saturated rings. The molecule has 1 saturated heterocycles. The molecule has 14 nitrogen and oxygen atoms in total. The van der Waals surface area contributed by atoms with Gasteiger partial charge in [-0.1, -0.05) is 11.8 Å². The lowest BCUT2D eigenvalue weighted by molar-refractivity contribution is -0.156. The number of nitrogen functional groups attached to an aromatic ring is 1. The predicted molar refractivity (Wildman–Crippen MR) is 105 cm³/mol. The third kappa shape index (κ3) is 3.81. The molecule has 2 aromatic heterocycles. The molecule has 0 radical (unpaired) electrons. The molecule has 4 N–H and O–H groups in total. The standard InChI is InChI=1S/C15H13N9O5S2/c16-14-21-10(23-31-14)8(22-29)11(25)20-7-5-1-2-6(30-15-18-3-17-4-19-15)9(13(27)28)24(5)12(7)26/h3-5,7-8H,1-2H2,(H,20,25)(H,27,28)(H2,16,21,23)/t5?,7-,8?/m0/s1. The van der Waals surface area contributed by atoms with E-state index in [9.17, 15) is 24.4 Å². The van der Waals surface area contributed by atoms with Crippen LogP contribution >= 0.6 is 23.3 Å². The highest BCUT2D eigenvalue weighted by atomic mass is 32.2. The first-order valence-corrected chi connectivity index (χ1v) is 10.3. The van der Waals surface area contributed by atoms with Gasteiger partial charge in [0.2, 0.25) is 6.04 Å². The Hall–Kier alpha value is -3.53. The van der Waals surface area contributed by atoms with Crippen LogP contribution in [0.3, 0.4) is 0 Å².